The van der Waals surface area contributed by atoms with Gasteiger partial charge in [0, 0.05) is 6.42 Å². The van der Waals surface area contributed by atoms with Crippen LogP contribution in [0.3, 0.4) is 0 Å². The third-order valence-corrected chi connectivity index (χ3v) is 2.89. The molecule has 0 fully saturated rings. The van der Waals surface area contributed by atoms with Crippen molar-refractivity contribution in [2.45, 2.75) is 33.1 Å². The second kappa shape index (κ2) is 6.92. The van der Waals surface area contributed by atoms with E-state index in [9.17, 15) is 14.7 Å². The molecule has 0 aliphatic heterocycles. The van der Waals surface area contributed by atoms with Crippen LogP contribution in [0.15, 0.2) is 18.2 Å². The number of ether oxygens (including phenoxy) is 1. The zero-order chi connectivity index (χ0) is 14.4. The van der Waals surface area contributed by atoms with E-state index in [1.807, 2.05) is 13.8 Å². The van der Waals surface area contributed by atoms with E-state index in [2.05, 4.69) is 4.74 Å². The Labute approximate surface area is 113 Å². The molecule has 0 bridgehead atoms. The van der Waals surface area contributed by atoms with Crippen LogP contribution in [-0.2, 0) is 16.0 Å². The highest BCUT2D eigenvalue weighted by atomic mass is 16.5. The predicted octanol–water partition coefficient (Wildman–Crippen LogP) is 2.73. The van der Waals surface area contributed by atoms with Gasteiger partial charge in [-0.1, -0.05) is 19.9 Å². The van der Waals surface area contributed by atoms with Crippen molar-refractivity contribution in [3.8, 4) is 5.75 Å². The molecule has 0 saturated carbocycles. The average Bonchev–Trinajstić information content (AvgIpc) is 2.35. The molecule has 1 rings (SSSR count). The van der Waals surface area contributed by atoms with Crippen molar-refractivity contribution < 1.29 is 19.4 Å². The SMILES string of the molecule is COC(=O)Cc1ccc(C(=O)CCC(C)C)c(O)c1. The summed E-state index contributed by atoms with van der Waals surface area (Å²) in [6.45, 7) is 4.10. The fourth-order valence-corrected chi connectivity index (χ4v) is 1.72. The zero-order valence-corrected chi connectivity index (χ0v) is 11.6. The zero-order valence-electron chi connectivity index (χ0n) is 11.6. The standard InChI is InChI=1S/C15H20O4/c1-10(2)4-7-13(16)12-6-5-11(8-14(12)17)9-15(18)19-3/h5-6,8,10,17H,4,7,9H2,1-3H3. The summed E-state index contributed by atoms with van der Waals surface area (Å²) in [5.74, 6) is -0.0750. The number of methoxy groups -OCH3 is 1. The quantitative estimate of drug-likeness (QED) is 0.634. The van der Waals surface area contributed by atoms with Gasteiger partial charge >= 0.3 is 5.97 Å². The minimum Gasteiger partial charge on any atom is -0.507 e. The van der Waals surface area contributed by atoms with Gasteiger partial charge in [-0.2, -0.15) is 0 Å². The number of Topliss-reactive ketones (excluding diaryl/α,β-unsaturated/α-hetero) is 1. The highest BCUT2D eigenvalue weighted by molar-refractivity contribution is 5.98. The maximum Gasteiger partial charge on any atom is 0.309 e. The number of phenols is 1. The van der Waals surface area contributed by atoms with Gasteiger partial charge in [-0.05, 0) is 30.0 Å². The van der Waals surface area contributed by atoms with Gasteiger partial charge in [0.1, 0.15) is 5.75 Å². The minimum atomic E-state index is -0.377. The van der Waals surface area contributed by atoms with Crippen molar-refractivity contribution in [3.05, 3.63) is 29.3 Å². The van der Waals surface area contributed by atoms with Crippen molar-refractivity contribution in [2.75, 3.05) is 7.11 Å². The van der Waals surface area contributed by atoms with Crippen molar-refractivity contribution in [1.82, 2.24) is 0 Å². The summed E-state index contributed by atoms with van der Waals surface area (Å²) in [5.41, 5.74) is 0.944. The van der Waals surface area contributed by atoms with E-state index in [0.29, 0.717) is 23.5 Å². The largest absolute Gasteiger partial charge is 0.507 e. The van der Waals surface area contributed by atoms with E-state index < -0.39 is 0 Å². The van der Waals surface area contributed by atoms with Gasteiger partial charge in [0.2, 0.25) is 0 Å². The van der Waals surface area contributed by atoms with Crippen LogP contribution < -0.4 is 0 Å². The molecule has 0 aliphatic carbocycles. The van der Waals surface area contributed by atoms with E-state index in [0.717, 1.165) is 6.42 Å². The van der Waals surface area contributed by atoms with E-state index in [1.54, 1.807) is 12.1 Å². The van der Waals surface area contributed by atoms with Gasteiger partial charge in [-0.15, -0.1) is 0 Å². The summed E-state index contributed by atoms with van der Waals surface area (Å²) in [6, 6.07) is 4.68. The molecule has 19 heavy (non-hydrogen) atoms. The molecule has 1 aromatic rings. The molecule has 0 radical (unpaired) electrons. The van der Waals surface area contributed by atoms with Gasteiger partial charge in [0.25, 0.3) is 0 Å². The lowest BCUT2D eigenvalue weighted by Crippen LogP contribution is -2.06. The number of rotatable bonds is 6. The van der Waals surface area contributed by atoms with Crippen molar-refractivity contribution in [3.63, 3.8) is 0 Å². The summed E-state index contributed by atoms with van der Waals surface area (Å²) < 4.78 is 4.55. The molecule has 4 heteroatoms. The van der Waals surface area contributed by atoms with Gasteiger partial charge in [-0.25, -0.2) is 0 Å². The fourth-order valence-electron chi connectivity index (χ4n) is 1.72. The number of carbonyl (C=O) groups excluding carboxylic acids is 2. The highest BCUT2D eigenvalue weighted by Crippen LogP contribution is 2.22. The molecule has 0 aromatic heterocycles. The van der Waals surface area contributed by atoms with Gasteiger partial charge < -0.3 is 9.84 Å². The number of ketones is 1. The highest BCUT2D eigenvalue weighted by Gasteiger charge is 2.13. The lowest BCUT2D eigenvalue weighted by Gasteiger charge is -2.07. The summed E-state index contributed by atoms with van der Waals surface area (Å²) in [6.07, 6.45) is 1.30. The summed E-state index contributed by atoms with van der Waals surface area (Å²) in [5, 5.41) is 9.84. The third kappa shape index (κ3) is 4.73. The molecule has 0 saturated heterocycles. The van der Waals surface area contributed by atoms with Crippen molar-refractivity contribution in [2.24, 2.45) is 5.92 Å². The molecule has 4 nitrogen and oxygen atoms in total. The normalized spacial score (nSPS) is 10.5. The van der Waals surface area contributed by atoms with Crippen LogP contribution in [0.1, 0.15) is 42.6 Å². The Bertz CT molecular complexity index is 463. The molecular formula is C15H20O4. The van der Waals surface area contributed by atoms with Crippen molar-refractivity contribution >= 4 is 11.8 Å². The maximum absolute atomic E-state index is 11.9. The Kier molecular flexibility index (Phi) is 5.55. The number of carbonyl (C=O) groups is 2. The van der Waals surface area contributed by atoms with E-state index >= 15 is 0 Å². The van der Waals surface area contributed by atoms with Crippen LogP contribution in [0.5, 0.6) is 5.75 Å². The maximum atomic E-state index is 11.9. The van der Waals surface area contributed by atoms with Crippen molar-refractivity contribution in [1.29, 1.82) is 0 Å². The lowest BCUT2D eigenvalue weighted by atomic mass is 9.99. The van der Waals surface area contributed by atoms with Gasteiger partial charge in [0.05, 0.1) is 19.1 Å². The number of aromatic hydroxyl groups is 1. The first-order valence-electron chi connectivity index (χ1n) is 6.36. The second-order valence-corrected chi connectivity index (χ2v) is 4.96. The predicted molar refractivity (Wildman–Crippen MR) is 72.2 cm³/mol. The fraction of sp³-hybridized carbons (Fsp3) is 0.467. The molecule has 0 heterocycles. The number of hydrogen-bond donors (Lipinski definition) is 1. The molecule has 0 unspecified atom stereocenters. The molecule has 0 spiro atoms. The topological polar surface area (TPSA) is 63.6 Å². The second-order valence-electron chi connectivity index (χ2n) is 4.96. The molecular weight excluding hydrogens is 244 g/mol. The van der Waals surface area contributed by atoms with Gasteiger partial charge in [0.15, 0.2) is 5.78 Å². The lowest BCUT2D eigenvalue weighted by molar-refractivity contribution is -0.139. The monoisotopic (exact) mass is 264 g/mol. The first-order chi connectivity index (χ1) is 8.93. The van der Waals surface area contributed by atoms with Crippen LogP contribution in [-0.4, -0.2) is 24.0 Å². The molecule has 0 amide bonds. The van der Waals surface area contributed by atoms with E-state index in [4.69, 9.17) is 0 Å². The Morgan fingerprint density at radius 3 is 2.53 bits per heavy atom. The molecule has 1 N–H and O–H groups in total. The number of hydrogen-bond acceptors (Lipinski definition) is 4. The Balaban J connectivity index is 2.76. The van der Waals surface area contributed by atoms with Gasteiger partial charge in [-0.3, -0.25) is 9.59 Å². The summed E-state index contributed by atoms with van der Waals surface area (Å²) in [7, 11) is 1.31. The van der Waals surface area contributed by atoms with Crippen LogP contribution in [0.25, 0.3) is 0 Å². The number of benzene rings is 1. The van der Waals surface area contributed by atoms with Crippen LogP contribution in [0.4, 0.5) is 0 Å². The molecule has 1 aromatic carbocycles. The number of esters is 1. The van der Waals surface area contributed by atoms with Crippen LogP contribution in [0.2, 0.25) is 0 Å². The average molecular weight is 264 g/mol. The first kappa shape index (κ1) is 15.2. The Hall–Kier alpha value is -1.84. The molecule has 104 valence electrons. The first-order valence-corrected chi connectivity index (χ1v) is 6.36. The molecule has 0 aliphatic rings. The van der Waals surface area contributed by atoms with E-state index in [1.165, 1.54) is 13.2 Å². The smallest absolute Gasteiger partial charge is 0.309 e. The Morgan fingerprint density at radius 1 is 1.32 bits per heavy atom. The van der Waals surface area contributed by atoms with Crippen LogP contribution >= 0.6 is 0 Å². The minimum absolute atomic E-state index is 0.0733. The van der Waals surface area contributed by atoms with Crippen LogP contribution in [0, 0.1) is 5.92 Å². The summed E-state index contributed by atoms with van der Waals surface area (Å²) >= 11 is 0. The summed E-state index contributed by atoms with van der Waals surface area (Å²) in [4.78, 5) is 23.0. The van der Waals surface area contributed by atoms with E-state index in [-0.39, 0.29) is 23.9 Å². The number of phenolic OH excluding ortho intramolecular Hbond substituents is 1. The molecule has 0 atom stereocenters. The third-order valence-electron chi connectivity index (χ3n) is 2.89. The Morgan fingerprint density at radius 2 is 2.00 bits per heavy atom.